The maximum atomic E-state index is 15.8. The summed E-state index contributed by atoms with van der Waals surface area (Å²) in [6.07, 6.45) is 2.16. The van der Waals surface area contributed by atoms with Gasteiger partial charge in [-0.1, -0.05) is 84.5 Å². The van der Waals surface area contributed by atoms with Crippen molar-refractivity contribution in [1.82, 2.24) is 60.0 Å². The van der Waals surface area contributed by atoms with Crippen LogP contribution >= 0.6 is 11.6 Å². The zero-order chi connectivity index (χ0) is 75.1. The lowest BCUT2D eigenvalue weighted by atomic mass is 9.78. The first kappa shape index (κ1) is 82.9. The van der Waals surface area contributed by atoms with Crippen molar-refractivity contribution in [2.45, 2.75) is 266 Å². The van der Waals surface area contributed by atoms with Crippen LogP contribution in [0.25, 0.3) is 0 Å². The van der Waals surface area contributed by atoms with Gasteiger partial charge in [-0.05, 0) is 126 Å². The van der Waals surface area contributed by atoms with Crippen LogP contribution in [0.4, 0.5) is 22.0 Å². The molecule has 0 aromatic carbocycles. The number of fused-ring (bicyclic) bond motifs is 1. The first-order valence-electron chi connectivity index (χ1n) is 37.5. The second-order valence-corrected chi connectivity index (χ2v) is 31.1. The summed E-state index contributed by atoms with van der Waals surface area (Å²) in [7, 11) is 9.51. The molecule has 12 amide bonds. The minimum atomic E-state index is -4.52. The average molecular weight is 1470 g/mol. The van der Waals surface area contributed by atoms with E-state index in [9.17, 15) is 55.5 Å². The first-order chi connectivity index (χ1) is 48.2. The molecule has 7 rings (SSSR count). The minimum Gasteiger partial charge on any atom is -0.343 e. The van der Waals surface area contributed by atoms with Crippen LogP contribution in [0.3, 0.4) is 0 Å². The van der Waals surface area contributed by atoms with Crippen LogP contribution in [0, 0.1) is 29.6 Å². The molecule has 102 heavy (non-hydrogen) atoms. The number of piperidine rings is 1. The Hall–Kier alpha value is -6.42. The van der Waals surface area contributed by atoms with E-state index in [1.165, 1.54) is 64.0 Å². The van der Waals surface area contributed by atoms with Crippen molar-refractivity contribution < 1.29 is 79.5 Å². The zero-order valence-electron chi connectivity index (χ0n) is 61.5. The summed E-state index contributed by atoms with van der Waals surface area (Å²) < 4.78 is 70.6. The van der Waals surface area contributed by atoms with E-state index < -0.39 is 193 Å². The molecule has 3 heterocycles. The minimum absolute atomic E-state index is 0.000427. The number of hydrogen-bond donors (Lipinski definition) is 3. The summed E-state index contributed by atoms with van der Waals surface area (Å²) in [4.78, 5) is 190. The van der Waals surface area contributed by atoms with Crippen LogP contribution in [0.1, 0.15) is 200 Å². The number of halogens is 6. The number of nitrogens with one attached hydrogen (secondary N) is 3. The van der Waals surface area contributed by atoms with Crippen molar-refractivity contribution in [3.63, 3.8) is 0 Å². The third-order valence-electron chi connectivity index (χ3n) is 23.4. The van der Waals surface area contributed by atoms with E-state index in [0.717, 1.165) is 69.4 Å². The fraction of sp³-hybridized carbons (Fsp3) is 0.833. The Balaban J connectivity index is 1.28. The summed E-state index contributed by atoms with van der Waals surface area (Å²) in [5.74, 6) is -11.8. The summed E-state index contributed by atoms with van der Waals surface area (Å²) in [5.41, 5.74) is -1.60. The molecule has 0 radical (unpaired) electrons. The molecule has 30 heteroatoms. The summed E-state index contributed by atoms with van der Waals surface area (Å²) in [6.45, 7) is 2.25. The highest BCUT2D eigenvalue weighted by Gasteiger charge is 2.52. The van der Waals surface area contributed by atoms with E-state index in [2.05, 4.69) is 16.0 Å². The fourth-order valence-electron chi connectivity index (χ4n) is 16.7. The van der Waals surface area contributed by atoms with Crippen molar-refractivity contribution in [3.05, 3.63) is 0 Å². The lowest BCUT2D eigenvalue weighted by molar-refractivity contribution is -0.182. The van der Waals surface area contributed by atoms with Gasteiger partial charge in [0, 0.05) is 80.8 Å². The lowest BCUT2D eigenvalue weighted by Crippen LogP contribution is -2.65. The number of nitrogens with zero attached hydrogens (tertiary/aromatic N) is 9. The van der Waals surface area contributed by atoms with Crippen LogP contribution in [0.15, 0.2) is 0 Å². The molecule has 0 aromatic heterocycles. The number of rotatable bonds is 12. The van der Waals surface area contributed by atoms with Gasteiger partial charge < -0.3 is 60.0 Å². The molecule has 3 N–H and O–H groups in total. The number of carbonyl (C=O) groups excluding carboxylic acids is 12. The number of amides is 12. The van der Waals surface area contributed by atoms with Gasteiger partial charge in [0.05, 0.1) is 32.0 Å². The van der Waals surface area contributed by atoms with Gasteiger partial charge in [-0.3, -0.25) is 57.5 Å². The van der Waals surface area contributed by atoms with Crippen LogP contribution in [-0.4, -0.2) is 269 Å². The number of likely N-dealkylation sites (tertiary alicyclic amines) is 1. The monoisotopic (exact) mass is 1470 g/mol. The molecule has 3 unspecified atom stereocenters. The molecule has 576 valence electrons. The molecular formula is C72H114ClF5N12O12. The Bertz CT molecular complexity index is 2950. The molecule has 1 spiro atoms. The van der Waals surface area contributed by atoms with Crippen LogP contribution in [0.2, 0.25) is 0 Å². The Morgan fingerprint density at radius 1 is 0.578 bits per heavy atom. The predicted molar refractivity (Wildman–Crippen MR) is 370 cm³/mol. The van der Waals surface area contributed by atoms with Gasteiger partial charge in [0.15, 0.2) is 0 Å². The highest BCUT2D eigenvalue weighted by molar-refractivity contribution is 6.21. The highest BCUT2D eigenvalue weighted by Crippen LogP contribution is 2.44. The molecule has 24 nitrogen and oxygen atoms in total. The molecule has 7 aliphatic rings. The van der Waals surface area contributed by atoms with Gasteiger partial charge in [-0.2, -0.15) is 13.2 Å². The van der Waals surface area contributed by atoms with Crippen molar-refractivity contribution >= 4 is 82.5 Å². The maximum absolute atomic E-state index is 15.8. The Morgan fingerprint density at radius 3 is 1.78 bits per heavy atom. The topological polar surface area (TPSA) is 270 Å². The van der Waals surface area contributed by atoms with Crippen LogP contribution < -0.4 is 16.0 Å². The zero-order valence-corrected chi connectivity index (χ0v) is 62.3. The molecule has 4 saturated carbocycles. The van der Waals surface area contributed by atoms with Crippen molar-refractivity contribution in [3.8, 4) is 0 Å². The summed E-state index contributed by atoms with van der Waals surface area (Å²) in [5, 5.41) is 7.34. The van der Waals surface area contributed by atoms with Crippen molar-refractivity contribution in [2.24, 2.45) is 29.6 Å². The van der Waals surface area contributed by atoms with E-state index in [-0.39, 0.29) is 76.2 Å². The van der Waals surface area contributed by atoms with Gasteiger partial charge in [0.1, 0.15) is 47.8 Å². The number of carbonyl (C=O) groups is 12. The molecular weight excluding hydrogens is 1360 g/mol. The van der Waals surface area contributed by atoms with E-state index in [0.29, 0.717) is 77.3 Å². The normalized spacial score (nSPS) is 29.8. The lowest BCUT2D eigenvalue weighted by Gasteiger charge is -2.43. The molecule has 0 aromatic rings. The SMILES string of the molecule is CC[C@H](C)[C@@H]1NC(=O)[C@H](CCC(F)F)N(C)C(=O)C[C@@H](C(=O)N2CCCCC2)N(C)C(=O)[C@H](C2CCCCC2)N(C)C(=O)C2(CCCC2)NC(=O)[C@@H]2CCCN2C(=O)[C@H](CCC2CCC(C(F)(F)F)C(Cl)C2)NC(=O)CN(C)C(=O)[C@H](CC2CCCCC2)N(C)C(=O)CN(C)C(=O)CN(C)C1=O. The van der Waals surface area contributed by atoms with E-state index in [1.54, 1.807) is 18.7 Å². The van der Waals surface area contributed by atoms with Crippen molar-refractivity contribution in [1.29, 1.82) is 0 Å². The van der Waals surface area contributed by atoms with E-state index >= 15 is 24.0 Å². The van der Waals surface area contributed by atoms with E-state index in [1.807, 2.05) is 0 Å². The smallest absolute Gasteiger partial charge is 0.343 e. The predicted octanol–water partition coefficient (Wildman–Crippen LogP) is 6.48. The van der Waals surface area contributed by atoms with Gasteiger partial charge in [0.25, 0.3) is 0 Å². The number of alkyl halides is 6. The molecule has 3 saturated heterocycles. The van der Waals surface area contributed by atoms with Gasteiger partial charge in [-0.25, -0.2) is 8.78 Å². The van der Waals surface area contributed by atoms with Crippen LogP contribution in [0.5, 0.6) is 0 Å². The third kappa shape index (κ3) is 21.2. The largest absolute Gasteiger partial charge is 0.393 e. The Labute approximate surface area is 603 Å². The molecule has 4 aliphatic carbocycles. The third-order valence-corrected chi connectivity index (χ3v) is 23.9. The first-order valence-corrected chi connectivity index (χ1v) is 37.9. The second-order valence-electron chi connectivity index (χ2n) is 30.6. The summed E-state index contributed by atoms with van der Waals surface area (Å²) in [6, 6.07) is -9.50. The quantitative estimate of drug-likeness (QED) is 0.140. The van der Waals surface area contributed by atoms with Gasteiger partial charge >= 0.3 is 6.18 Å². The number of hydrogen-bond acceptors (Lipinski definition) is 12. The molecule has 3 aliphatic heterocycles. The average Bonchev–Trinajstić information content (AvgIpc) is 1.45. The van der Waals surface area contributed by atoms with Gasteiger partial charge in [0.2, 0.25) is 77.3 Å². The number of likely N-dealkylation sites (N-methyl/N-ethyl adjacent to an activating group) is 7. The van der Waals surface area contributed by atoms with Crippen LogP contribution in [-0.2, 0) is 57.5 Å². The second kappa shape index (κ2) is 37.5. The Morgan fingerprint density at radius 2 is 1.18 bits per heavy atom. The Kier molecular flexibility index (Phi) is 30.5. The van der Waals surface area contributed by atoms with Crippen molar-refractivity contribution in [2.75, 3.05) is 88.6 Å². The summed E-state index contributed by atoms with van der Waals surface area (Å²) >= 11 is 6.40. The van der Waals surface area contributed by atoms with E-state index in [4.69, 9.17) is 11.6 Å². The molecule has 11 atom stereocenters. The molecule has 7 fully saturated rings. The standard InChI is InChI=1S/C72H114ClF5N12O12/c1-10-45(2)61-68(100)84(5)43-59(93)82(3)44-60(94)86(7)54(40-46-23-14-11-15-24-46)66(98)83(4)42-57(91)79-51(31-29-47-28-30-49(50(73)39-47)72(76,77)78)65(97)90-38-22-27-53(90)64(96)81-71(34-18-19-35-71)70(102)88(9)62(48-25-16-12-17-26-48)69(101)87(8)55(67(99)89-36-20-13-21-37-89)41-58(92)85(6)52(63(95)80-61)32-33-56(74)75/h45-56,61-62H,10-44H2,1-9H3,(H,79,91)(H,80,95)(H,81,96)/t45-,47?,49?,50?,51-,52-,53-,54-,55-,61-,62-/m0/s1. The van der Waals surface area contributed by atoms with Gasteiger partial charge in [-0.15, -0.1) is 11.6 Å². The fourth-order valence-corrected chi connectivity index (χ4v) is 17.2. The highest BCUT2D eigenvalue weighted by atomic mass is 35.5. The maximum Gasteiger partial charge on any atom is 0.393 e. The molecule has 0 bridgehead atoms.